The van der Waals surface area contributed by atoms with Gasteiger partial charge in [-0.3, -0.25) is 19.8 Å². The predicted molar refractivity (Wildman–Crippen MR) is 88.0 cm³/mol. The molecular weight excluding hydrogens is 352 g/mol. The lowest BCUT2D eigenvalue weighted by atomic mass is 10.2. The van der Waals surface area contributed by atoms with Crippen molar-refractivity contribution in [3.05, 3.63) is 57.6 Å². The van der Waals surface area contributed by atoms with Gasteiger partial charge in [0.15, 0.2) is 6.61 Å². The van der Waals surface area contributed by atoms with Gasteiger partial charge in [0.2, 0.25) is 0 Å². The second kappa shape index (κ2) is 6.78. The van der Waals surface area contributed by atoms with Crippen molar-refractivity contribution in [2.24, 2.45) is 0 Å². The van der Waals surface area contributed by atoms with Gasteiger partial charge < -0.3 is 9.47 Å². The standard InChI is InChI=1S/C16H11ClN2O6/c17-11-7-10(19(22)23)5-6-13(11)25-16(21)8-18-12-3-1-2-4-14(12)24-9-15(18)20/h1-7H,8-9H2. The number of carbonyl (C=O) groups excluding carboxylic acids is 2. The van der Waals surface area contributed by atoms with Crippen LogP contribution in [0.1, 0.15) is 0 Å². The quantitative estimate of drug-likeness (QED) is 0.359. The van der Waals surface area contributed by atoms with Crippen LogP contribution >= 0.6 is 11.6 Å². The number of fused-ring (bicyclic) bond motifs is 1. The van der Waals surface area contributed by atoms with Crippen molar-refractivity contribution < 1.29 is 24.0 Å². The Labute approximate surface area is 146 Å². The van der Waals surface area contributed by atoms with E-state index in [2.05, 4.69) is 0 Å². The normalized spacial score (nSPS) is 13.0. The van der Waals surface area contributed by atoms with E-state index >= 15 is 0 Å². The third-order valence-corrected chi connectivity index (χ3v) is 3.74. The maximum atomic E-state index is 12.2. The van der Waals surface area contributed by atoms with Gasteiger partial charge in [-0.25, -0.2) is 4.79 Å². The van der Waals surface area contributed by atoms with Gasteiger partial charge in [0.1, 0.15) is 18.0 Å². The molecule has 2 aromatic rings. The Balaban J connectivity index is 1.75. The molecule has 1 heterocycles. The van der Waals surface area contributed by atoms with Gasteiger partial charge in [-0.15, -0.1) is 0 Å². The number of hydrogen-bond acceptors (Lipinski definition) is 6. The third kappa shape index (κ3) is 3.53. The Hall–Kier alpha value is -3.13. The first-order valence-electron chi connectivity index (χ1n) is 7.12. The van der Waals surface area contributed by atoms with Crippen LogP contribution in [-0.4, -0.2) is 30.0 Å². The van der Waals surface area contributed by atoms with Crippen molar-refractivity contribution in [2.45, 2.75) is 0 Å². The molecule has 1 amide bonds. The molecule has 0 fully saturated rings. The number of nitro benzene ring substituents is 1. The highest BCUT2D eigenvalue weighted by Crippen LogP contribution is 2.32. The van der Waals surface area contributed by atoms with Crippen molar-refractivity contribution in [1.29, 1.82) is 0 Å². The Bertz CT molecular complexity index is 869. The Morgan fingerprint density at radius 1 is 1.32 bits per heavy atom. The first-order valence-corrected chi connectivity index (χ1v) is 7.50. The zero-order chi connectivity index (χ0) is 18.0. The lowest BCUT2D eigenvalue weighted by molar-refractivity contribution is -0.384. The number of amides is 1. The van der Waals surface area contributed by atoms with E-state index in [0.29, 0.717) is 11.4 Å². The van der Waals surface area contributed by atoms with Gasteiger partial charge in [0.25, 0.3) is 11.6 Å². The number of esters is 1. The SMILES string of the molecule is O=C(CN1C(=O)COc2ccccc21)Oc1ccc([N+](=O)[O-])cc1Cl. The van der Waals surface area contributed by atoms with E-state index in [4.69, 9.17) is 21.1 Å². The molecule has 0 saturated carbocycles. The van der Waals surface area contributed by atoms with Gasteiger partial charge in [-0.2, -0.15) is 0 Å². The lowest BCUT2D eigenvalue weighted by Gasteiger charge is -2.28. The van der Waals surface area contributed by atoms with Crippen molar-refractivity contribution in [2.75, 3.05) is 18.1 Å². The molecule has 1 aliphatic heterocycles. The molecule has 128 valence electrons. The molecule has 0 atom stereocenters. The highest BCUT2D eigenvalue weighted by Gasteiger charge is 2.28. The van der Waals surface area contributed by atoms with Crippen LogP contribution in [0.3, 0.4) is 0 Å². The number of rotatable bonds is 4. The zero-order valence-electron chi connectivity index (χ0n) is 12.7. The number of halogens is 1. The molecule has 0 N–H and O–H groups in total. The highest BCUT2D eigenvalue weighted by atomic mass is 35.5. The number of nitro groups is 1. The van der Waals surface area contributed by atoms with Crippen LogP contribution in [0.5, 0.6) is 11.5 Å². The second-order valence-corrected chi connectivity index (χ2v) is 5.49. The van der Waals surface area contributed by atoms with Crippen molar-refractivity contribution in [3.8, 4) is 11.5 Å². The van der Waals surface area contributed by atoms with Crippen LogP contribution in [0, 0.1) is 10.1 Å². The smallest absolute Gasteiger partial charge is 0.331 e. The van der Waals surface area contributed by atoms with Crippen LogP contribution in [0.4, 0.5) is 11.4 Å². The second-order valence-electron chi connectivity index (χ2n) is 5.08. The maximum absolute atomic E-state index is 12.2. The molecule has 0 aliphatic carbocycles. The van der Waals surface area contributed by atoms with Crippen molar-refractivity contribution >= 4 is 34.9 Å². The molecule has 0 bridgehead atoms. The Morgan fingerprint density at radius 3 is 2.80 bits per heavy atom. The minimum atomic E-state index is -0.735. The van der Waals surface area contributed by atoms with Gasteiger partial charge in [-0.1, -0.05) is 23.7 Å². The van der Waals surface area contributed by atoms with Crippen LogP contribution in [0.15, 0.2) is 42.5 Å². The van der Waals surface area contributed by atoms with Gasteiger partial charge >= 0.3 is 5.97 Å². The number of nitrogens with zero attached hydrogens (tertiary/aromatic N) is 2. The number of benzene rings is 2. The summed E-state index contributed by atoms with van der Waals surface area (Å²) in [4.78, 5) is 35.5. The molecule has 0 saturated heterocycles. The number of carbonyl (C=O) groups is 2. The van der Waals surface area contributed by atoms with E-state index in [1.54, 1.807) is 24.3 Å². The highest BCUT2D eigenvalue weighted by molar-refractivity contribution is 6.32. The van der Waals surface area contributed by atoms with Crippen molar-refractivity contribution in [3.63, 3.8) is 0 Å². The molecule has 3 rings (SSSR count). The van der Waals surface area contributed by atoms with Crippen molar-refractivity contribution in [1.82, 2.24) is 0 Å². The van der Waals surface area contributed by atoms with E-state index in [0.717, 1.165) is 6.07 Å². The van der Waals surface area contributed by atoms with E-state index in [-0.39, 0.29) is 35.5 Å². The molecule has 0 radical (unpaired) electrons. The monoisotopic (exact) mass is 362 g/mol. The van der Waals surface area contributed by atoms with Gasteiger partial charge in [0.05, 0.1) is 15.6 Å². The van der Waals surface area contributed by atoms with E-state index < -0.39 is 10.9 Å². The molecule has 0 spiro atoms. The lowest BCUT2D eigenvalue weighted by Crippen LogP contribution is -2.43. The molecule has 8 nitrogen and oxygen atoms in total. The molecule has 25 heavy (non-hydrogen) atoms. The average molecular weight is 363 g/mol. The summed E-state index contributed by atoms with van der Waals surface area (Å²) in [5, 5.41) is 10.6. The number of non-ortho nitro benzene ring substituents is 1. The van der Waals surface area contributed by atoms with E-state index in [9.17, 15) is 19.7 Å². The largest absolute Gasteiger partial charge is 0.482 e. The van der Waals surface area contributed by atoms with Crippen LogP contribution in [-0.2, 0) is 9.59 Å². The van der Waals surface area contributed by atoms with Gasteiger partial charge in [0, 0.05) is 12.1 Å². The Kier molecular flexibility index (Phi) is 4.53. The molecule has 0 unspecified atom stereocenters. The predicted octanol–water partition coefficient (Wildman–Crippen LogP) is 2.58. The van der Waals surface area contributed by atoms with Crippen LogP contribution in [0.25, 0.3) is 0 Å². The minimum Gasteiger partial charge on any atom is -0.482 e. The summed E-state index contributed by atoms with van der Waals surface area (Å²) in [6, 6.07) is 10.3. The summed E-state index contributed by atoms with van der Waals surface area (Å²) >= 11 is 5.89. The fraction of sp³-hybridized carbons (Fsp3) is 0.125. The third-order valence-electron chi connectivity index (χ3n) is 3.45. The van der Waals surface area contributed by atoms with Crippen LogP contribution in [0.2, 0.25) is 5.02 Å². The van der Waals surface area contributed by atoms with E-state index in [1.165, 1.54) is 17.0 Å². The Morgan fingerprint density at radius 2 is 2.08 bits per heavy atom. The number of ether oxygens (including phenoxy) is 2. The number of anilines is 1. The summed E-state index contributed by atoms with van der Waals surface area (Å²) in [6.45, 7) is -0.519. The zero-order valence-corrected chi connectivity index (χ0v) is 13.4. The first-order chi connectivity index (χ1) is 12.0. The number of para-hydroxylation sites is 2. The summed E-state index contributed by atoms with van der Waals surface area (Å²) in [7, 11) is 0. The molecule has 1 aliphatic rings. The fourth-order valence-electron chi connectivity index (χ4n) is 2.30. The summed E-state index contributed by atoms with van der Waals surface area (Å²) < 4.78 is 10.4. The number of hydrogen-bond donors (Lipinski definition) is 0. The van der Waals surface area contributed by atoms with Crippen LogP contribution < -0.4 is 14.4 Å². The molecular formula is C16H11ClN2O6. The average Bonchev–Trinajstić information content (AvgIpc) is 2.59. The maximum Gasteiger partial charge on any atom is 0.331 e. The van der Waals surface area contributed by atoms with E-state index in [1.807, 2.05) is 0 Å². The molecule has 2 aromatic carbocycles. The molecule has 0 aromatic heterocycles. The summed E-state index contributed by atoms with van der Waals surface area (Å²) in [6.07, 6.45) is 0. The first kappa shape index (κ1) is 16.7. The molecule has 9 heteroatoms. The topological polar surface area (TPSA) is 99.0 Å². The minimum absolute atomic E-state index is 0.0220. The summed E-state index contributed by atoms with van der Waals surface area (Å²) in [5.74, 6) is -0.652. The fourth-order valence-corrected chi connectivity index (χ4v) is 2.51. The summed E-state index contributed by atoms with van der Waals surface area (Å²) in [5.41, 5.74) is 0.243. The van der Waals surface area contributed by atoms with Gasteiger partial charge in [-0.05, 0) is 18.2 Å².